The minimum Gasteiger partial charge on any atom is -0.352 e. The molecule has 3 aromatic heterocycles. The predicted molar refractivity (Wildman–Crippen MR) is 301 cm³/mol. The van der Waals surface area contributed by atoms with Gasteiger partial charge in [-0.1, -0.05) is 57.2 Å². The van der Waals surface area contributed by atoms with Crippen LogP contribution in [0.1, 0.15) is 103 Å². The number of ether oxygens (including phenoxy) is 3. The third kappa shape index (κ3) is 13.8. The van der Waals surface area contributed by atoms with Crippen molar-refractivity contribution in [1.29, 1.82) is 0 Å². The van der Waals surface area contributed by atoms with Gasteiger partial charge in [-0.05, 0) is 96.2 Å². The maximum absolute atomic E-state index is 15.6. The summed E-state index contributed by atoms with van der Waals surface area (Å²) in [6, 6.07) is 19.9. The summed E-state index contributed by atoms with van der Waals surface area (Å²) in [7, 11) is -1.61. The molecular weight excluding hydrogens is 1090 g/mol. The lowest BCUT2D eigenvalue weighted by atomic mass is 10.1. The normalized spacial score (nSPS) is 23.9. The minimum atomic E-state index is -4.04. The SMILES string of the molecule is CC[C@@H]1CN([P@@](=O)(OC[C@@H]2CN([P@@](=O)(OC[C@@H]3CCC[C@H](n4cnc5c4NC(=NCC(C)C)CC5=O)O3)N(C)C)C[C@H](n3ccc(NC(=O)c4ccccc4)nc3=O)O2)N(C)C)C[C@H](n2ccc(NC(=O)c3ccccc3)nc2=O)O1. The summed E-state index contributed by atoms with van der Waals surface area (Å²) in [5.41, 5.74) is -0.440. The minimum absolute atomic E-state index is 0.00560. The van der Waals surface area contributed by atoms with Gasteiger partial charge in [0.1, 0.15) is 35.2 Å². The van der Waals surface area contributed by atoms with Gasteiger partial charge in [-0.2, -0.15) is 9.97 Å². The molecule has 2 aromatic carbocycles. The van der Waals surface area contributed by atoms with Crippen molar-refractivity contribution in [3.63, 3.8) is 0 Å². The van der Waals surface area contributed by atoms with Gasteiger partial charge in [0.05, 0.1) is 57.4 Å². The Kier molecular flexibility index (Phi) is 18.9. The quantitative estimate of drug-likeness (QED) is 0.0731. The molecule has 7 heterocycles. The molecule has 26 nitrogen and oxygen atoms in total. The molecule has 4 aliphatic rings. The van der Waals surface area contributed by atoms with Crippen LogP contribution in [0.2, 0.25) is 0 Å². The van der Waals surface area contributed by atoms with Crippen molar-refractivity contribution in [1.82, 2.24) is 47.3 Å². The van der Waals surface area contributed by atoms with E-state index < -0.39 is 75.5 Å². The summed E-state index contributed by atoms with van der Waals surface area (Å²) < 4.78 is 74.0. The van der Waals surface area contributed by atoms with Crippen LogP contribution in [-0.4, -0.2) is 163 Å². The maximum atomic E-state index is 15.6. The Balaban J connectivity index is 0.944. The molecule has 9 rings (SSSR count). The van der Waals surface area contributed by atoms with E-state index in [0.29, 0.717) is 60.2 Å². The molecule has 3 N–H and O–H groups in total. The van der Waals surface area contributed by atoms with Crippen LogP contribution in [0.5, 0.6) is 0 Å². The highest BCUT2D eigenvalue weighted by atomic mass is 31.2. The lowest BCUT2D eigenvalue weighted by Crippen LogP contribution is -2.50. The number of fused-ring (bicyclic) bond motifs is 1. The van der Waals surface area contributed by atoms with Crippen molar-refractivity contribution < 1.29 is 46.8 Å². The zero-order valence-electron chi connectivity index (χ0n) is 46.4. The fourth-order valence-corrected chi connectivity index (χ4v) is 13.8. The van der Waals surface area contributed by atoms with E-state index in [1.54, 1.807) is 109 Å². The third-order valence-corrected chi connectivity index (χ3v) is 19.1. The Morgan fingerprint density at radius 2 is 1.21 bits per heavy atom. The second-order valence-corrected chi connectivity index (χ2v) is 26.1. The van der Waals surface area contributed by atoms with E-state index in [1.807, 2.05) is 6.92 Å². The average Bonchev–Trinajstić information content (AvgIpc) is 4.15. The first-order valence-electron chi connectivity index (χ1n) is 26.9. The van der Waals surface area contributed by atoms with Gasteiger partial charge < -0.3 is 39.2 Å². The number of imidazole rings is 1. The number of benzene rings is 2. The summed E-state index contributed by atoms with van der Waals surface area (Å²) in [5, 5.41) is 8.62. The number of nitrogens with zero attached hydrogens (tertiary/aromatic N) is 11. The molecule has 0 spiro atoms. The number of aliphatic imine (C=N–C) groups is 1. The summed E-state index contributed by atoms with van der Waals surface area (Å²) in [6.07, 6.45) is 2.28. The van der Waals surface area contributed by atoms with Crippen LogP contribution in [0.4, 0.5) is 17.5 Å². The smallest absolute Gasteiger partial charge is 0.351 e. The van der Waals surface area contributed by atoms with Crippen molar-refractivity contribution in [2.24, 2.45) is 10.9 Å². The molecule has 0 radical (unpaired) electrons. The van der Waals surface area contributed by atoms with Gasteiger partial charge in [-0.25, -0.2) is 33.3 Å². The van der Waals surface area contributed by atoms with Gasteiger partial charge in [0.15, 0.2) is 18.2 Å². The molecular formula is C53H70N14O12P2. The summed E-state index contributed by atoms with van der Waals surface area (Å²) >= 11 is 0. The van der Waals surface area contributed by atoms with Gasteiger partial charge in [-0.3, -0.25) is 42.2 Å². The monoisotopic (exact) mass is 1160 g/mol. The van der Waals surface area contributed by atoms with Crippen LogP contribution in [0.3, 0.4) is 0 Å². The van der Waals surface area contributed by atoms with Crippen LogP contribution >= 0.6 is 15.3 Å². The van der Waals surface area contributed by atoms with Crippen LogP contribution in [-0.2, 0) is 32.4 Å². The number of nitrogens with one attached hydrogen (secondary N) is 3. The van der Waals surface area contributed by atoms with E-state index in [4.69, 9.17) is 23.3 Å². The number of ketones is 1. The van der Waals surface area contributed by atoms with Gasteiger partial charge in [0.2, 0.25) is 0 Å². The second kappa shape index (κ2) is 25.8. The van der Waals surface area contributed by atoms with Gasteiger partial charge in [-0.15, -0.1) is 0 Å². The number of carbonyl (C=O) groups is 3. The molecule has 8 atom stereocenters. The topological polar surface area (TPSA) is 281 Å². The van der Waals surface area contributed by atoms with Gasteiger partial charge in [0, 0.05) is 43.2 Å². The van der Waals surface area contributed by atoms with Crippen LogP contribution < -0.4 is 27.3 Å². The zero-order valence-corrected chi connectivity index (χ0v) is 48.2. The first-order valence-corrected chi connectivity index (χ1v) is 30.0. The first-order chi connectivity index (χ1) is 38.8. The standard InChI is InChI=1S/C53H70N14O12P2/c1-8-38-28-63(30-46(77-38)65-24-22-42(59-52(65)71)57-50(69)36-16-11-9-12-17-36)80(73,61(4)5)76-33-40-29-64(31-47(79-40)66-25-23-43(60-53(66)72)58-51(70)37-18-13-10-14-19-37)81(74,62(6)7)75-32-39-20-15-21-45(78-39)67-34-55-48-41(68)26-44(56-49(48)67)54-27-35(2)3/h9-14,16-19,22-25,34-35,38-40,45-47H,8,15,20-21,26-33H2,1-7H3,(H,54,56)(H,57,59,69,71)(H,58,60,70,72)/t38-,39+,40+,45-,46-,47-,80+,81+/m1/s1. The number of aromatic nitrogens is 6. The summed E-state index contributed by atoms with van der Waals surface area (Å²) in [5.74, 6) is 0.349. The van der Waals surface area contributed by atoms with Crippen molar-refractivity contribution in [3.8, 4) is 0 Å². The molecule has 28 heteroatoms. The molecule has 3 fully saturated rings. The van der Waals surface area contributed by atoms with Crippen molar-refractivity contribution in [2.45, 2.75) is 89.9 Å². The molecule has 0 bridgehead atoms. The van der Waals surface area contributed by atoms with Gasteiger partial charge >= 0.3 is 26.7 Å². The zero-order chi connectivity index (χ0) is 57.6. The molecule has 3 saturated heterocycles. The molecule has 2 amide bonds. The van der Waals surface area contributed by atoms with Crippen LogP contribution in [0, 0.1) is 5.92 Å². The maximum Gasteiger partial charge on any atom is 0.351 e. The molecule has 434 valence electrons. The van der Waals surface area contributed by atoms with Crippen LogP contribution in [0.15, 0.2) is 106 Å². The number of Topliss-reactive ketones (excluding diaryl/α,β-unsaturated/α-hetero) is 1. The first kappa shape index (κ1) is 59.2. The van der Waals surface area contributed by atoms with E-state index in [-0.39, 0.29) is 63.2 Å². The number of amidine groups is 1. The molecule has 4 aliphatic heterocycles. The van der Waals surface area contributed by atoms with Crippen molar-refractivity contribution in [2.75, 3.05) is 90.1 Å². The fraction of sp³-hybridized carbons (Fsp3) is 0.491. The van der Waals surface area contributed by atoms with Crippen molar-refractivity contribution in [3.05, 3.63) is 129 Å². The largest absolute Gasteiger partial charge is 0.352 e. The lowest BCUT2D eigenvalue weighted by Gasteiger charge is -2.45. The number of morpholine rings is 2. The number of anilines is 3. The number of hydrogen-bond donors (Lipinski definition) is 3. The summed E-state index contributed by atoms with van der Waals surface area (Å²) in [6.45, 7) is 5.97. The number of carbonyl (C=O) groups excluding carboxylic acids is 3. The number of hydrogen-bond acceptors (Lipinski definition) is 16. The summed E-state index contributed by atoms with van der Waals surface area (Å²) in [4.78, 5) is 83.9. The second-order valence-electron chi connectivity index (χ2n) is 20.9. The number of amides is 2. The van der Waals surface area contributed by atoms with E-state index in [0.717, 1.165) is 6.42 Å². The molecule has 0 aliphatic carbocycles. The highest BCUT2D eigenvalue weighted by molar-refractivity contribution is 7.54. The van der Waals surface area contributed by atoms with Crippen LogP contribution in [0.25, 0.3) is 0 Å². The Hall–Kier alpha value is -6.41. The molecule has 0 unspecified atom stereocenters. The molecule has 81 heavy (non-hydrogen) atoms. The van der Waals surface area contributed by atoms with E-state index in [1.165, 1.54) is 43.0 Å². The fourth-order valence-electron chi connectivity index (χ4n) is 9.77. The molecule has 0 saturated carbocycles. The highest BCUT2D eigenvalue weighted by Crippen LogP contribution is 2.57. The Morgan fingerprint density at radius 1 is 0.704 bits per heavy atom. The highest BCUT2D eigenvalue weighted by Gasteiger charge is 2.46. The Bertz CT molecular complexity index is 3300. The number of rotatable bonds is 20. The molecule has 5 aromatic rings. The Labute approximate surface area is 468 Å². The third-order valence-electron chi connectivity index (χ3n) is 14.1. The Morgan fingerprint density at radius 3 is 1.72 bits per heavy atom. The van der Waals surface area contributed by atoms with E-state index in [2.05, 4.69) is 49.7 Å². The van der Waals surface area contributed by atoms with E-state index in [9.17, 15) is 24.0 Å². The predicted octanol–water partition coefficient (Wildman–Crippen LogP) is 6.20. The van der Waals surface area contributed by atoms with E-state index >= 15 is 9.13 Å². The average molecular weight is 1160 g/mol. The van der Waals surface area contributed by atoms with Crippen molar-refractivity contribution >= 4 is 56.2 Å². The lowest BCUT2D eigenvalue weighted by molar-refractivity contribution is -0.126. The van der Waals surface area contributed by atoms with Gasteiger partial charge in [0.25, 0.3) is 11.8 Å².